The molecule has 0 bridgehead atoms. The minimum Gasteiger partial charge on any atom is -0.268 e. The van der Waals surface area contributed by atoms with E-state index >= 15 is 0 Å². The van der Waals surface area contributed by atoms with Crippen LogP contribution in [0.1, 0.15) is 5.82 Å². The molecule has 1 heterocycles. The molecular weight excluding hydrogens is 314 g/mol. The highest BCUT2D eigenvalue weighted by molar-refractivity contribution is 6.32. The first kappa shape index (κ1) is 14.0. The fraction of sp³-hybridized carbons (Fsp3) is 0.0667. The van der Waals surface area contributed by atoms with Gasteiger partial charge in [0.1, 0.15) is 11.6 Å². The molecular formula is C15H9Cl2FN2O. The van der Waals surface area contributed by atoms with Crippen molar-refractivity contribution < 1.29 is 4.39 Å². The third kappa shape index (κ3) is 2.41. The molecule has 3 nitrogen and oxygen atoms in total. The molecule has 3 aromatic rings. The smallest absolute Gasteiger partial charge is 0.266 e. The predicted molar refractivity (Wildman–Crippen MR) is 81.9 cm³/mol. The molecule has 0 spiro atoms. The molecule has 2 aromatic carbocycles. The zero-order valence-corrected chi connectivity index (χ0v) is 12.2. The Kier molecular flexibility index (Phi) is 3.66. The largest absolute Gasteiger partial charge is 0.268 e. The molecule has 0 aliphatic rings. The van der Waals surface area contributed by atoms with Crippen LogP contribution < -0.4 is 5.56 Å². The van der Waals surface area contributed by atoms with E-state index in [-0.39, 0.29) is 22.1 Å². The van der Waals surface area contributed by atoms with Gasteiger partial charge >= 0.3 is 0 Å². The summed E-state index contributed by atoms with van der Waals surface area (Å²) < 4.78 is 14.7. The van der Waals surface area contributed by atoms with Crippen molar-refractivity contribution in [1.29, 1.82) is 0 Å². The van der Waals surface area contributed by atoms with Gasteiger partial charge in [0, 0.05) is 0 Å². The predicted octanol–water partition coefficient (Wildman–Crippen LogP) is 3.92. The highest BCUT2D eigenvalue weighted by Gasteiger charge is 2.14. The maximum Gasteiger partial charge on any atom is 0.266 e. The Morgan fingerprint density at radius 1 is 1.19 bits per heavy atom. The van der Waals surface area contributed by atoms with Gasteiger partial charge in [0.05, 0.1) is 27.5 Å². The third-order valence-corrected chi connectivity index (χ3v) is 3.67. The average molecular weight is 323 g/mol. The highest BCUT2D eigenvalue weighted by atomic mass is 35.5. The summed E-state index contributed by atoms with van der Waals surface area (Å²) in [5.74, 6) is -0.171. The first-order valence-electron chi connectivity index (χ1n) is 6.14. The van der Waals surface area contributed by atoms with Crippen LogP contribution in [0, 0.1) is 5.82 Å². The molecule has 1 aromatic heterocycles. The summed E-state index contributed by atoms with van der Waals surface area (Å²) in [6.45, 7) is 0. The minimum atomic E-state index is -0.491. The number of para-hydroxylation sites is 1. The summed E-state index contributed by atoms with van der Waals surface area (Å²) >= 11 is 12.0. The van der Waals surface area contributed by atoms with Crippen molar-refractivity contribution in [2.24, 2.45) is 0 Å². The normalized spacial score (nSPS) is 11.0. The second kappa shape index (κ2) is 5.47. The first-order chi connectivity index (χ1) is 10.1. The van der Waals surface area contributed by atoms with Crippen molar-refractivity contribution in [3.05, 3.63) is 69.5 Å². The van der Waals surface area contributed by atoms with Gasteiger partial charge in [-0.2, -0.15) is 0 Å². The monoisotopic (exact) mass is 322 g/mol. The first-order valence-corrected chi connectivity index (χ1v) is 7.05. The lowest BCUT2D eigenvalue weighted by molar-refractivity contribution is 0.626. The van der Waals surface area contributed by atoms with Gasteiger partial charge < -0.3 is 0 Å². The second-order valence-corrected chi connectivity index (χ2v) is 5.09. The standard InChI is InChI=1S/C15H9Cl2FN2O/c16-8-14-19-12-4-2-1-3-10(12)15(21)20(14)13-7-9(18)5-6-11(13)17/h1-7H,8H2. The van der Waals surface area contributed by atoms with Crippen LogP contribution in [0.4, 0.5) is 4.39 Å². The van der Waals surface area contributed by atoms with Crippen molar-refractivity contribution >= 4 is 34.1 Å². The summed E-state index contributed by atoms with van der Waals surface area (Å²) in [4.78, 5) is 17.0. The van der Waals surface area contributed by atoms with Crippen LogP contribution in [0.15, 0.2) is 47.3 Å². The quantitative estimate of drug-likeness (QED) is 0.670. The number of fused-ring (bicyclic) bond motifs is 1. The van der Waals surface area contributed by atoms with E-state index in [0.29, 0.717) is 16.7 Å². The van der Waals surface area contributed by atoms with Crippen LogP contribution in [-0.4, -0.2) is 9.55 Å². The van der Waals surface area contributed by atoms with Crippen LogP contribution in [0.3, 0.4) is 0 Å². The van der Waals surface area contributed by atoms with Gasteiger partial charge in [0.2, 0.25) is 0 Å². The van der Waals surface area contributed by atoms with Crippen LogP contribution in [0.5, 0.6) is 0 Å². The van der Waals surface area contributed by atoms with Crippen molar-refractivity contribution in [2.75, 3.05) is 0 Å². The van der Waals surface area contributed by atoms with E-state index in [1.807, 2.05) is 0 Å². The Balaban J connectivity index is 2.44. The van der Waals surface area contributed by atoms with Crippen molar-refractivity contribution in [3.63, 3.8) is 0 Å². The van der Waals surface area contributed by atoms with Crippen LogP contribution in [-0.2, 0) is 5.88 Å². The molecule has 106 valence electrons. The number of hydrogen-bond acceptors (Lipinski definition) is 2. The van der Waals surface area contributed by atoms with Crippen molar-refractivity contribution in [3.8, 4) is 5.69 Å². The Hall–Kier alpha value is -1.91. The lowest BCUT2D eigenvalue weighted by Crippen LogP contribution is -2.23. The van der Waals surface area contributed by atoms with Gasteiger partial charge in [-0.25, -0.2) is 9.37 Å². The van der Waals surface area contributed by atoms with Gasteiger partial charge in [-0.3, -0.25) is 9.36 Å². The average Bonchev–Trinajstić information content (AvgIpc) is 2.50. The minimum absolute atomic E-state index is 0.00686. The van der Waals surface area contributed by atoms with E-state index in [1.54, 1.807) is 24.3 Å². The summed E-state index contributed by atoms with van der Waals surface area (Å²) in [7, 11) is 0. The Morgan fingerprint density at radius 3 is 2.71 bits per heavy atom. The van der Waals surface area contributed by atoms with Crippen LogP contribution in [0.25, 0.3) is 16.6 Å². The zero-order chi connectivity index (χ0) is 15.0. The fourth-order valence-corrected chi connectivity index (χ4v) is 2.56. The number of nitrogens with zero attached hydrogens (tertiary/aromatic N) is 2. The summed E-state index contributed by atoms with van der Waals surface area (Å²) in [5.41, 5.74) is 0.446. The number of rotatable bonds is 2. The van der Waals surface area contributed by atoms with E-state index in [9.17, 15) is 9.18 Å². The topological polar surface area (TPSA) is 34.9 Å². The van der Waals surface area contributed by atoms with Gasteiger partial charge in [0.15, 0.2) is 0 Å². The fourth-order valence-electron chi connectivity index (χ4n) is 2.17. The van der Waals surface area contributed by atoms with Gasteiger partial charge in [-0.1, -0.05) is 23.7 Å². The molecule has 0 aliphatic carbocycles. The SMILES string of the molecule is O=c1c2ccccc2nc(CCl)n1-c1cc(F)ccc1Cl. The molecule has 0 aliphatic heterocycles. The third-order valence-electron chi connectivity index (χ3n) is 3.11. The van der Waals surface area contributed by atoms with Crippen LogP contribution >= 0.6 is 23.2 Å². The molecule has 6 heteroatoms. The van der Waals surface area contributed by atoms with Gasteiger partial charge in [0.25, 0.3) is 5.56 Å². The second-order valence-electron chi connectivity index (χ2n) is 4.42. The lowest BCUT2D eigenvalue weighted by atomic mass is 10.2. The number of benzene rings is 2. The number of aromatic nitrogens is 2. The molecule has 0 saturated heterocycles. The zero-order valence-electron chi connectivity index (χ0n) is 10.7. The number of halogens is 3. The van der Waals surface area contributed by atoms with E-state index in [4.69, 9.17) is 23.2 Å². The van der Waals surface area contributed by atoms with E-state index < -0.39 is 5.82 Å². The Bertz CT molecular complexity index is 892. The lowest BCUT2D eigenvalue weighted by Gasteiger charge is -2.13. The summed E-state index contributed by atoms with van der Waals surface area (Å²) in [6.07, 6.45) is 0. The highest BCUT2D eigenvalue weighted by Crippen LogP contribution is 2.22. The van der Waals surface area contributed by atoms with Crippen molar-refractivity contribution in [2.45, 2.75) is 5.88 Å². The number of alkyl halides is 1. The maximum atomic E-state index is 13.5. The van der Waals surface area contributed by atoms with Crippen molar-refractivity contribution in [1.82, 2.24) is 9.55 Å². The molecule has 0 radical (unpaired) electrons. The van der Waals surface area contributed by atoms with E-state index in [2.05, 4.69) is 4.98 Å². The number of hydrogen-bond donors (Lipinski definition) is 0. The van der Waals surface area contributed by atoms with E-state index in [0.717, 1.165) is 0 Å². The molecule has 0 unspecified atom stereocenters. The maximum absolute atomic E-state index is 13.5. The molecule has 0 N–H and O–H groups in total. The molecule has 3 rings (SSSR count). The Morgan fingerprint density at radius 2 is 1.95 bits per heavy atom. The molecule has 0 amide bonds. The van der Waals surface area contributed by atoms with Crippen LogP contribution in [0.2, 0.25) is 5.02 Å². The summed E-state index contributed by atoms with van der Waals surface area (Å²) in [5, 5.41) is 0.675. The van der Waals surface area contributed by atoms with E-state index in [1.165, 1.54) is 22.8 Å². The Labute approximate surface area is 129 Å². The molecule has 0 atom stereocenters. The van der Waals surface area contributed by atoms with Gasteiger partial charge in [-0.15, -0.1) is 11.6 Å². The summed E-state index contributed by atoms with van der Waals surface area (Å²) in [6, 6.07) is 10.7. The molecule has 0 saturated carbocycles. The molecule has 0 fully saturated rings. The molecule has 21 heavy (non-hydrogen) atoms. The van der Waals surface area contributed by atoms with Gasteiger partial charge in [-0.05, 0) is 30.3 Å².